The van der Waals surface area contributed by atoms with Gasteiger partial charge in [-0.3, -0.25) is 9.59 Å². The van der Waals surface area contributed by atoms with Gasteiger partial charge in [0.05, 0.1) is 5.57 Å². The Morgan fingerprint density at radius 2 is 1.65 bits per heavy atom. The lowest BCUT2D eigenvalue weighted by molar-refractivity contribution is 0.0989. The van der Waals surface area contributed by atoms with E-state index in [4.69, 9.17) is 7.85 Å². The number of Topliss-reactive ketones (excluding diaryl/α,β-unsaturated/α-hetero) is 2. The second-order valence-electron chi connectivity index (χ2n) is 7.30. The molecule has 0 fully saturated rings. The van der Waals surface area contributed by atoms with Crippen molar-refractivity contribution in [3.63, 3.8) is 0 Å². The predicted octanol–water partition coefficient (Wildman–Crippen LogP) is 3.10. The lowest BCUT2D eigenvalue weighted by Gasteiger charge is -2.23. The molecule has 0 bridgehead atoms. The average Bonchev–Trinajstić information content (AvgIpc) is 2.96. The molecule has 4 heteroatoms. The van der Waals surface area contributed by atoms with Crippen LogP contribution in [0.2, 0.25) is 0 Å². The van der Waals surface area contributed by atoms with E-state index >= 15 is 0 Å². The lowest BCUT2D eigenvalue weighted by Crippen LogP contribution is -2.22. The molecule has 0 aromatic heterocycles. The molecular formula is C22H18BNO2. The Kier molecular flexibility index (Phi) is 3.55. The third-order valence-electron chi connectivity index (χ3n) is 5.37. The van der Waals surface area contributed by atoms with Gasteiger partial charge in [-0.2, -0.15) is 0 Å². The van der Waals surface area contributed by atoms with Gasteiger partial charge >= 0.3 is 0 Å². The van der Waals surface area contributed by atoms with Crippen molar-refractivity contribution in [1.82, 2.24) is 0 Å². The highest BCUT2D eigenvalue weighted by molar-refractivity contribution is 6.41. The summed E-state index contributed by atoms with van der Waals surface area (Å²) in [5, 5.41) is 0. The maximum absolute atomic E-state index is 12.6. The van der Waals surface area contributed by atoms with Crippen LogP contribution >= 0.6 is 0 Å². The number of fused-ring (bicyclic) bond motifs is 2. The first-order valence-corrected chi connectivity index (χ1v) is 8.57. The topological polar surface area (TPSA) is 37.4 Å². The molecule has 0 unspecified atom stereocenters. The van der Waals surface area contributed by atoms with E-state index in [1.807, 2.05) is 25.3 Å². The number of carbonyl (C=O) groups excluding carboxylic acids is 2. The first-order valence-electron chi connectivity index (χ1n) is 8.57. The van der Waals surface area contributed by atoms with Crippen molar-refractivity contribution in [2.24, 2.45) is 0 Å². The van der Waals surface area contributed by atoms with Gasteiger partial charge in [0.2, 0.25) is 0 Å². The van der Waals surface area contributed by atoms with E-state index in [1.165, 1.54) is 5.56 Å². The normalized spacial score (nSPS) is 20.8. The summed E-state index contributed by atoms with van der Waals surface area (Å²) in [5.74, 6) is -0.497. The zero-order valence-electron chi connectivity index (χ0n) is 15.0. The molecule has 0 spiro atoms. The molecule has 0 saturated heterocycles. The fourth-order valence-corrected chi connectivity index (χ4v) is 3.96. The summed E-state index contributed by atoms with van der Waals surface area (Å²) in [4.78, 5) is 27.4. The Morgan fingerprint density at radius 1 is 0.962 bits per heavy atom. The highest BCUT2D eigenvalue weighted by atomic mass is 16.2. The van der Waals surface area contributed by atoms with Crippen LogP contribution in [0.1, 0.15) is 40.1 Å². The van der Waals surface area contributed by atoms with Gasteiger partial charge in [0, 0.05) is 35.0 Å². The number of allylic oxidation sites excluding steroid dienone is 4. The molecule has 126 valence electrons. The van der Waals surface area contributed by atoms with Crippen molar-refractivity contribution in [3.8, 4) is 0 Å². The van der Waals surface area contributed by atoms with Gasteiger partial charge in [0.25, 0.3) is 0 Å². The zero-order chi connectivity index (χ0) is 18.6. The van der Waals surface area contributed by atoms with Gasteiger partial charge in [-0.25, -0.2) is 0 Å². The van der Waals surface area contributed by atoms with Gasteiger partial charge < -0.3 is 4.90 Å². The molecule has 0 amide bonds. The van der Waals surface area contributed by atoms with Gasteiger partial charge in [-0.1, -0.05) is 55.7 Å². The van der Waals surface area contributed by atoms with Crippen LogP contribution in [0, 0.1) is 0 Å². The smallest absolute Gasteiger partial charge is 0.197 e. The first-order chi connectivity index (χ1) is 12.3. The third-order valence-corrected chi connectivity index (χ3v) is 5.37. The molecule has 1 aliphatic heterocycles. The summed E-state index contributed by atoms with van der Waals surface area (Å²) in [6, 6.07) is 13.1. The van der Waals surface area contributed by atoms with E-state index in [0.717, 1.165) is 11.4 Å². The van der Waals surface area contributed by atoms with E-state index in [1.54, 1.807) is 24.3 Å². The Balaban J connectivity index is 1.77. The first kappa shape index (κ1) is 16.6. The Hall–Kier alpha value is -2.88. The molecular weight excluding hydrogens is 321 g/mol. The third kappa shape index (κ3) is 2.22. The summed E-state index contributed by atoms with van der Waals surface area (Å²) in [7, 11) is 7.76. The standard InChI is InChI=1S/C22H18BNO2/c1-22(2)17-6-4-5-7-18(17)24(3)19(22)11-10-15-20(25)14-9-8-13(23)12-16(14)21(15)26/h4-12H,1-3H3/b15-10+,19-11+. The fourth-order valence-electron chi connectivity index (χ4n) is 3.96. The van der Waals surface area contributed by atoms with E-state index in [-0.39, 0.29) is 22.6 Å². The number of carbonyl (C=O) groups is 2. The van der Waals surface area contributed by atoms with E-state index < -0.39 is 0 Å². The van der Waals surface area contributed by atoms with Crippen LogP contribution in [0.25, 0.3) is 0 Å². The molecule has 2 aromatic rings. The van der Waals surface area contributed by atoms with Crippen molar-refractivity contribution >= 4 is 30.6 Å². The summed E-state index contributed by atoms with van der Waals surface area (Å²) in [6.07, 6.45) is 3.54. The summed E-state index contributed by atoms with van der Waals surface area (Å²) >= 11 is 0. The number of hydrogen-bond acceptors (Lipinski definition) is 3. The van der Waals surface area contributed by atoms with Crippen LogP contribution < -0.4 is 10.4 Å². The van der Waals surface area contributed by atoms with Crippen LogP contribution in [0.5, 0.6) is 0 Å². The molecule has 26 heavy (non-hydrogen) atoms. The van der Waals surface area contributed by atoms with Gasteiger partial charge in [0.15, 0.2) is 11.6 Å². The maximum atomic E-state index is 12.6. The largest absolute Gasteiger partial charge is 0.347 e. The molecule has 2 aromatic carbocycles. The summed E-state index contributed by atoms with van der Waals surface area (Å²) < 4.78 is 0. The predicted molar refractivity (Wildman–Crippen MR) is 105 cm³/mol. The molecule has 2 aliphatic rings. The number of anilines is 1. The molecule has 1 aliphatic carbocycles. The number of para-hydroxylation sites is 1. The number of hydrogen-bond donors (Lipinski definition) is 0. The number of benzene rings is 2. The molecule has 0 atom stereocenters. The highest BCUT2D eigenvalue weighted by Gasteiger charge is 2.38. The monoisotopic (exact) mass is 339 g/mol. The number of ketones is 2. The number of rotatable bonds is 1. The summed E-state index contributed by atoms with van der Waals surface area (Å²) in [5.41, 5.74) is 4.70. The molecule has 2 radical (unpaired) electrons. The number of likely N-dealkylation sites (N-methyl/N-ethyl adjacent to an activating group) is 1. The minimum absolute atomic E-state index is 0.193. The van der Waals surface area contributed by atoms with Crippen LogP contribution in [0.3, 0.4) is 0 Å². The zero-order valence-corrected chi connectivity index (χ0v) is 15.0. The van der Waals surface area contributed by atoms with Crippen LogP contribution in [0.15, 0.2) is 65.9 Å². The molecule has 1 heterocycles. The van der Waals surface area contributed by atoms with Crippen molar-refractivity contribution < 1.29 is 9.59 Å². The van der Waals surface area contributed by atoms with Crippen molar-refractivity contribution in [2.45, 2.75) is 19.3 Å². The Morgan fingerprint density at radius 3 is 2.38 bits per heavy atom. The fraction of sp³-hybridized carbons (Fsp3) is 0.182. The van der Waals surface area contributed by atoms with Gasteiger partial charge in [-0.05, 0) is 23.8 Å². The quantitative estimate of drug-likeness (QED) is 0.455. The minimum Gasteiger partial charge on any atom is -0.347 e. The van der Waals surface area contributed by atoms with Gasteiger partial charge in [-0.15, -0.1) is 0 Å². The Labute approximate surface area is 154 Å². The minimum atomic E-state index is -0.259. The van der Waals surface area contributed by atoms with Crippen molar-refractivity contribution in [1.29, 1.82) is 0 Å². The van der Waals surface area contributed by atoms with Crippen molar-refractivity contribution in [3.05, 3.63) is 82.6 Å². The van der Waals surface area contributed by atoms with E-state index in [0.29, 0.717) is 16.6 Å². The number of nitrogens with zero attached hydrogens (tertiary/aromatic N) is 1. The Bertz CT molecular complexity index is 1030. The maximum Gasteiger partial charge on any atom is 0.197 e. The molecule has 4 rings (SSSR count). The van der Waals surface area contributed by atoms with E-state index in [2.05, 4.69) is 30.9 Å². The van der Waals surface area contributed by atoms with Gasteiger partial charge in [0.1, 0.15) is 7.85 Å². The second kappa shape index (κ2) is 5.56. The molecule has 0 N–H and O–H groups in total. The molecule has 3 nitrogen and oxygen atoms in total. The lowest BCUT2D eigenvalue weighted by atomic mass is 9.83. The van der Waals surface area contributed by atoms with Crippen molar-refractivity contribution in [2.75, 3.05) is 11.9 Å². The molecule has 0 saturated carbocycles. The van der Waals surface area contributed by atoms with Crippen LogP contribution in [0.4, 0.5) is 5.69 Å². The van der Waals surface area contributed by atoms with Crippen LogP contribution in [-0.4, -0.2) is 26.5 Å². The van der Waals surface area contributed by atoms with Crippen LogP contribution in [-0.2, 0) is 5.41 Å². The SMILES string of the molecule is [B]c1ccc2c(c1)C(=O)/C(=C/C=C1/N(C)c3ccccc3C1(C)C)C2=O. The van der Waals surface area contributed by atoms with E-state index in [9.17, 15) is 9.59 Å². The second-order valence-corrected chi connectivity index (χ2v) is 7.30. The highest BCUT2D eigenvalue weighted by Crippen LogP contribution is 2.46. The average molecular weight is 339 g/mol. The summed E-state index contributed by atoms with van der Waals surface area (Å²) in [6.45, 7) is 4.29.